The second-order valence-electron chi connectivity index (χ2n) is 6.15. The van der Waals surface area contributed by atoms with Crippen molar-refractivity contribution in [1.29, 1.82) is 0 Å². The Morgan fingerprint density at radius 2 is 1.96 bits per heavy atom. The zero-order valence-electron chi connectivity index (χ0n) is 14.2. The van der Waals surface area contributed by atoms with Gasteiger partial charge < -0.3 is 9.72 Å². The van der Waals surface area contributed by atoms with Gasteiger partial charge in [-0.15, -0.1) is 0 Å². The van der Waals surface area contributed by atoms with E-state index in [1.165, 1.54) is 12.1 Å². The van der Waals surface area contributed by atoms with E-state index < -0.39 is 11.6 Å². The van der Waals surface area contributed by atoms with E-state index in [1.807, 2.05) is 12.1 Å². The molecule has 2 aromatic carbocycles. The molecule has 6 heteroatoms. The molecule has 27 heavy (non-hydrogen) atoms. The molecule has 4 rings (SSSR count). The van der Waals surface area contributed by atoms with E-state index in [9.17, 15) is 8.78 Å². The molecule has 0 radical (unpaired) electrons. The van der Waals surface area contributed by atoms with Crippen LogP contribution in [0.5, 0.6) is 5.75 Å². The van der Waals surface area contributed by atoms with E-state index in [4.69, 9.17) is 16.3 Å². The Morgan fingerprint density at radius 1 is 1.07 bits per heavy atom. The monoisotopic (exact) mass is 384 g/mol. The summed E-state index contributed by atoms with van der Waals surface area (Å²) in [4.78, 5) is 7.21. The van der Waals surface area contributed by atoms with Crippen LogP contribution < -0.4 is 4.74 Å². The van der Waals surface area contributed by atoms with Crippen molar-refractivity contribution in [3.63, 3.8) is 0 Å². The van der Waals surface area contributed by atoms with Gasteiger partial charge in [-0.2, -0.15) is 0 Å². The van der Waals surface area contributed by atoms with Gasteiger partial charge in [0.25, 0.3) is 0 Å². The lowest BCUT2D eigenvalue weighted by atomic mass is 10.0. The van der Waals surface area contributed by atoms with Gasteiger partial charge in [0.15, 0.2) is 11.6 Å². The van der Waals surface area contributed by atoms with E-state index in [2.05, 4.69) is 9.97 Å². The first-order valence-corrected chi connectivity index (χ1v) is 8.74. The van der Waals surface area contributed by atoms with Crippen molar-refractivity contribution in [1.82, 2.24) is 9.97 Å². The standard InChI is InChI=1S/C21H15ClF2N2O/c22-15-4-1-3-13(9-15)12-27-19-7-6-18(23)17(20(19)24)10-14-11-26-21-16(14)5-2-8-25-21/h1-9,11H,10,12H2,(H,25,26). The third-order valence-electron chi connectivity index (χ3n) is 4.34. The summed E-state index contributed by atoms with van der Waals surface area (Å²) in [6.07, 6.45) is 3.47. The summed E-state index contributed by atoms with van der Waals surface area (Å²) in [6, 6.07) is 13.3. The number of ether oxygens (including phenoxy) is 1. The van der Waals surface area contributed by atoms with Gasteiger partial charge >= 0.3 is 0 Å². The van der Waals surface area contributed by atoms with Crippen molar-refractivity contribution in [2.75, 3.05) is 0 Å². The molecule has 2 heterocycles. The van der Waals surface area contributed by atoms with Gasteiger partial charge in [0, 0.05) is 34.8 Å². The fourth-order valence-electron chi connectivity index (χ4n) is 2.99. The van der Waals surface area contributed by atoms with Crippen LogP contribution in [0.4, 0.5) is 8.78 Å². The molecule has 0 saturated heterocycles. The molecule has 0 amide bonds. The second kappa shape index (κ2) is 7.37. The number of nitrogens with one attached hydrogen (secondary N) is 1. The predicted molar refractivity (Wildman–Crippen MR) is 101 cm³/mol. The lowest BCUT2D eigenvalue weighted by molar-refractivity contribution is 0.288. The molecule has 0 aliphatic carbocycles. The molecule has 4 aromatic rings. The highest BCUT2D eigenvalue weighted by Crippen LogP contribution is 2.28. The van der Waals surface area contributed by atoms with Crippen LogP contribution in [0, 0.1) is 11.6 Å². The van der Waals surface area contributed by atoms with E-state index in [0.717, 1.165) is 16.5 Å². The van der Waals surface area contributed by atoms with Crippen molar-refractivity contribution in [3.8, 4) is 5.75 Å². The minimum Gasteiger partial charge on any atom is -0.486 e. The molecule has 0 spiro atoms. The van der Waals surface area contributed by atoms with Gasteiger partial charge in [0.05, 0.1) is 0 Å². The molecule has 0 fully saturated rings. The van der Waals surface area contributed by atoms with Crippen LogP contribution >= 0.6 is 11.6 Å². The molecule has 0 saturated carbocycles. The molecule has 0 aliphatic heterocycles. The molecular formula is C21H15ClF2N2O. The van der Waals surface area contributed by atoms with Crippen LogP contribution in [-0.4, -0.2) is 9.97 Å². The van der Waals surface area contributed by atoms with Crippen molar-refractivity contribution < 1.29 is 13.5 Å². The van der Waals surface area contributed by atoms with E-state index >= 15 is 0 Å². The fourth-order valence-corrected chi connectivity index (χ4v) is 3.20. The normalized spacial score (nSPS) is 11.1. The van der Waals surface area contributed by atoms with Crippen molar-refractivity contribution in [3.05, 3.63) is 94.3 Å². The van der Waals surface area contributed by atoms with E-state index in [1.54, 1.807) is 36.7 Å². The number of nitrogens with zero attached hydrogens (tertiary/aromatic N) is 1. The largest absolute Gasteiger partial charge is 0.486 e. The number of aromatic nitrogens is 2. The number of pyridine rings is 1. The minimum atomic E-state index is -0.699. The molecule has 0 bridgehead atoms. The topological polar surface area (TPSA) is 37.9 Å². The van der Waals surface area contributed by atoms with E-state index in [-0.39, 0.29) is 24.3 Å². The van der Waals surface area contributed by atoms with Crippen LogP contribution in [0.25, 0.3) is 11.0 Å². The van der Waals surface area contributed by atoms with Crippen LogP contribution in [0.3, 0.4) is 0 Å². The highest BCUT2D eigenvalue weighted by atomic mass is 35.5. The quantitative estimate of drug-likeness (QED) is 0.481. The average Bonchev–Trinajstić information content (AvgIpc) is 3.08. The molecule has 0 atom stereocenters. The highest BCUT2D eigenvalue weighted by Gasteiger charge is 2.17. The SMILES string of the molecule is Fc1ccc(OCc2cccc(Cl)c2)c(F)c1Cc1c[nH]c2ncccc12. The smallest absolute Gasteiger partial charge is 0.171 e. The van der Waals surface area contributed by atoms with Gasteiger partial charge in [-0.25, -0.2) is 13.8 Å². The molecule has 1 N–H and O–H groups in total. The van der Waals surface area contributed by atoms with Crippen molar-refractivity contribution >= 4 is 22.6 Å². The van der Waals surface area contributed by atoms with Gasteiger partial charge in [0.1, 0.15) is 18.1 Å². The average molecular weight is 385 g/mol. The number of H-pyrrole nitrogens is 1. The molecule has 0 aliphatic rings. The molecular weight excluding hydrogens is 370 g/mol. The lowest BCUT2D eigenvalue weighted by Gasteiger charge is -2.11. The van der Waals surface area contributed by atoms with Gasteiger partial charge in [-0.1, -0.05) is 23.7 Å². The number of benzene rings is 2. The third-order valence-corrected chi connectivity index (χ3v) is 4.57. The summed E-state index contributed by atoms with van der Waals surface area (Å²) in [6.45, 7) is 0.138. The van der Waals surface area contributed by atoms with Crippen molar-refractivity contribution in [2.45, 2.75) is 13.0 Å². The fraction of sp³-hybridized carbons (Fsp3) is 0.0952. The number of rotatable bonds is 5. The zero-order chi connectivity index (χ0) is 18.8. The minimum absolute atomic E-state index is 0.00402. The Bertz CT molecular complexity index is 1110. The first kappa shape index (κ1) is 17.5. The number of hydrogen-bond donors (Lipinski definition) is 1. The highest BCUT2D eigenvalue weighted by molar-refractivity contribution is 6.30. The molecule has 0 unspecified atom stereocenters. The Morgan fingerprint density at radius 3 is 2.81 bits per heavy atom. The van der Waals surface area contributed by atoms with Crippen LogP contribution in [0.15, 0.2) is 60.9 Å². The predicted octanol–water partition coefficient (Wildman–Crippen LogP) is 5.66. The summed E-state index contributed by atoms with van der Waals surface area (Å²) in [5.41, 5.74) is 2.21. The number of hydrogen-bond acceptors (Lipinski definition) is 2. The third kappa shape index (κ3) is 3.64. The molecule has 3 nitrogen and oxygen atoms in total. The maximum atomic E-state index is 14.9. The van der Waals surface area contributed by atoms with Gasteiger partial charge in [0.2, 0.25) is 0 Å². The Labute approximate surface area is 159 Å². The molecule has 136 valence electrons. The lowest BCUT2D eigenvalue weighted by Crippen LogP contribution is -2.03. The maximum Gasteiger partial charge on any atom is 0.171 e. The number of fused-ring (bicyclic) bond motifs is 1. The first-order valence-electron chi connectivity index (χ1n) is 8.37. The summed E-state index contributed by atoms with van der Waals surface area (Å²) in [5.74, 6) is -1.31. The Hall–Kier alpha value is -2.92. The van der Waals surface area contributed by atoms with Crippen LogP contribution in [0.1, 0.15) is 16.7 Å². The number of halogens is 3. The molecule has 2 aromatic heterocycles. The second-order valence-corrected chi connectivity index (χ2v) is 6.58. The summed E-state index contributed by atoms with van der Waals surface area (Å²) >= 11 is 5.94. The van der Waals surface area contributed by atoms with E-state index in [0.29, 0.717) is 10.7 Å². The van der Waals surface area contributed by atoms with Crippen LogP contribution in [0.2, 0.25) is 5.02 Å². The summed E-state index contributed by atoms with van der Waals surface area (Å²) < 4.78 is 34.7. The number of aromatic amines is 1. The van der Waals surface area contributed by atoms with Gasteiger partial charge in [-0.05, 0) is 47.5 Å². The first-order chi connectivity index (χ1) is 13.1. The van der Waals surface area contributed by atoms with Crippen molar-refractivity contribution in [2.24, 2.45) is 0 Å². The van der Waals surface area contributed by atoms with Gasteiger partial charge in [-0.3, -0.25) is 0 Å². The Kier molecular flexibility index (Phi) is 4.77. The summed E-state index contributed by atoms with van der Waals surface area (Å²) in [5, 5.41) is 1.41. The Balaban J connectivity index is 1.60. The summed E-state index contributed by atoms with van der Waals surface area (Å²) in [7, 11) is 0. The van der Waals surface area contributed by atoms with Crippen LogP contribution in [-0.2, 0) is 13.0 Å². The maximum absolute atomic E-state index is 14.9. The zero-order valence-corrected chi connectivity index (χ0v) is 14.9.